The molecule has 0 aliphatic carbocycles. The van der Waals surface area contributed by atoms with Crippen molar-refractivity contribution in [3.63, 3.8) is 0 Å². The summed E-state index contributed by atoms with van der Waals surface area (Å²) in [6.07, 6.45) is 2.61. The highest BCUT2D eigenvalue weighted by atomic mass is 15.2. The van der Waals surface area contributed by atoms with Gasteiger partial charge in [-0.1, -0.05) is 32.0 Å². The highest BCUT2D eigenvalue weighted by Crippen LogP contribution is 2.35. The van der Waals surface area contributed by atoms with Gasteiger partial charge in [-0.3, -0.25) is 4.90 Å². The molecule has 0 radical (unpaired) electrons. The zero-order valence-corrected chi connectivity index (χ0v) is 12.9. The number of piperidine rings is 1. The van der Waals surface area contributed by atoms with Crippen LogP contribution in [0.25, 0.3) is 0 Å². The Labute approximate surface area is 118 Å². The van der Waals surface area contributed by atoms with Crippen LogP contribution in [0.5, 0.6) is 0 Å². The lowest BCUT2D eigenvalue weighted by molar-refractivity contribution is 0.0802. The number of nitrogens with two attached hydrogens (primary N) is 1. The van der Waals surface area contributed by atoms with Gasteiger partial charge in [-0.25, -0.2) is 0 Å². The van der Waals surface area contributed by atoms with Crippen LogP contribution < -0.4 is 5.73 Å². The van der Waals surface area contributed by atoms with Crippen LogP contribution in [-0.4, -0.2) is 24.5 Å². The Hall–Kier alpha value is -0.860. The van der Waals surface area contributed by atoms with Crippen LogP contribution in [0, 0.1) is 19.3 Å². The van der Waals surface area contributed by atoms with E-state index in [1.165, 1.54) is 36.1 Å². The van der Waals surface area contributed by atoms with E-state index in [4.69, 9.17) is 5.73 Å². The number of likely N-dealkylation sites (tertiary alicyclic amines) is 1. The highest BCUT2D eigenvalue weighted by Gasteiger charge is 2.31. The maximum atomic E-state index is 6.12. The van der Waals surface area contributed by atoms with Crippen molar-refractivity contribution in [3.8, 4) is 0 Å². The summed E-state index contributed by atoms with van der Waals surface area (Å²) in [6, 6.07) is 6.93. The number of aryl methyl sites for hydroxylation is 2. The number of benzene rings is 1. The predicted molar refractivity (Wildman–Crippen MR) is 82.3 cm³/mol. The lowest BCUT2D eigenvalue weighted by atomic mass is 9.82. The van der Waals surface area contributed by atoms with E-state index in [0.29, 0.717) is 18.0 Å². The molecule has 0 amide bonds. The van der Waals surface area contributed by atoms with Gasteiger partial charge >= 0.3 is 0 Å². The normalized spacial score (nSPS) is 21.3. The van der Waals surface area contributed by atoms with Gasteiger partial charge in [-0.05, 0) is 55.3 Å². The third kappa shape index (κ3) is 3.18. The molecular formula is C17H28N2. The molecule has 1 saturated heterocycles. The van der Waals surface area contributed by atoms with E-state index in [9.17, 15) is 0 Å². The van der Waals surface area contributed by atoms with Gasteiger partial charge in [0.05, 0.1) is 0 Å². The highest BCUT2D eigenvalue weighted by molar-refractivity contribution is 5.36. The summed E-state index contributed by atoms with van der Waals surface area (Å²) in [7, 11) is 0. The first-order chi connectivity index (χ1) is 8.94. The monoisotopic (exact) mass is 260 g/mol. The summed E-state index contributed by atoms with van der Waals surface area (Å²) in [6.45, 7) is 12.2. The number of rotatable bonds is 3. The Balaban J connectivity index is 2.29. The Bertz CT molecular complexity index is 417. The quantitative estimate of drug-likeness (QED) is 0.902. The van der Waals surface area contributed by atoms with Gasteiger partial charge < -0.3 is 5.73 Å². The smallest absolute Gasteiger partial charge is 0.0475 e. The summed E-state index contributed by atoms with van der Waals surface area (Å²) in [5.41, 5.74) is 10.7. The molecule has 1 fully saturated rings. The third-order valence-electron chi connectivity index (χ3n) is 4.47. The van der Waals surface area contributed by atoms with E-state index in [1.807, 2.05) is 0 Å². The third-order valence-corrected chi connectivity index (χ3v) is 4.47. The fraction of sp³-hybridized carbons (Fsp3) is 0.647. The molecule has 2 heteroatoms. The molecule has 1 unspecified atom stereocenters. The van der Waals surface area contributed by atoms with Crippen LogP contribution in [0.1, 0.15) is 49.4 Å². The molecule has 2 rings (SSSR count). The zero-order valence-electron chi connectivity index (χ0n) is 12.9. The predicted octanol–water partition coefficient (Wildman–Crippen LogP) is 3.43. The molecule has 2 nitrogen and oxygen atoms in total. The lowest BCUT2D eigenvalue weighted by Gasteiger charge is -2.43. The van der Waals surface area contributed by atoms with Crippen molar-refractivity contribution in [3.05, 3.63) is 34.9 Å². The van der Waals surface area contributed by atoms with Crippen molar-refractivity contribution in [2.24, 2.45) is 11.1 Å². The fourth-order valence-electron chi connectivity index (χ4n) is 3.54. The standard InChI is InChI=1S/C17H28N2/c1-13-7-5-8-14(2)16(13)15(11-18)19-10-6-9-17(3,4)12-19/h5,7-8,15H,6,9-12,18H2,1-4H3. The average molecular weight is 260 g/mol. The van der Waals surface area contributed by atoms with Gasteiger partial charge in [0.1, 0.15) is 0 Å². The fourth-order valence-corrected chi connectivity index (χ4v) is 3.54. The summed E-state index contributed by atoms with van der Waals surface area (Å²) >= 11 is 0. The molecule has 1 aromatic rings. The van der Waals surface area contributed by atoms with Gasteiger partial charge in [0.2, 0.25) is 0 Å². The molecule has 0 spiro atoms. The van der Waals surface area contributed by atoms with E-state index in [1.54, 1.807) is 0 Å². The number of nitrogens with zero attached hydrogens (tertiary/aromatic N) is 1. The maximum absolute atomic E-state index is 6.12. The van der Waals surface area contributed by atoms with Crippen molar-refractivity contribution < 1.29 is 0 Å². The lowest BCUT2D eigenvalue weighted by Crippen LogP contribution is -2.44. The van der Waals surface area contributed by atoms with E-state index in [2.05, 4.69) is 50.8 Å². The molecule has 19 heavy (non-hydrogen) atoms. The van der Waals surface area contributed by atoms with Crippen LogP contribution in [0.2, 0.25) is 0 Å². The van der Waals surface area contributed by atoms with Gasteiger partial charge in [0.15, 0.2) is 0 Å². The Kier molecular flexibility index (Phi) is 4.32. The summed E-state index contributed by atoms with van der Waals surface area (Å²) in [5, 5.41) is 0. The topological polar surface area (TPSA) is 29.3 Å². The molecule has 106 valence electrons. The number of hydrogen-bond donors (Lipinski definition) is 1. The minimum absolute atomic E-state index is 0.376. The first kappa shape index (κ1) is 14.5. The molecule has 0 bridgehead atoms. The number of hydrogen-bond acceptors (Lipinski definition) is 2. The second-order valence-electron chi connectivity index (χ2n) is 6.80. The van der Waals surface area contributed by atoms with Gasteiger partial charge in [-0.2, -0.15) is 0 Å². The first-order valence-corrected chi connectivity index (χ1v) is 7.45. The van der Waals surface area contributed by atoms with Crippen LogP contribution in [0.4, 0.5) is 0 Å². The average Bonchev–Trinajstić information content (AvgIpc) is 2.32. The summed E-state index contributed by atoms with van der Waals surface area (Å²) in [5.74, 6) is 0. The SMILES string of the molecule is Cc1cccc(C)c1C(CN)N1CCCC(C)(C)C1. The van der Waals surface area contributed by atoms with Crippen molar-refractivity contribution >= 4 is 0 Å². The van der Waals surface area contributed by atoms with E-state index >= 15 is 0 Å². The first-order valence-electron chi connectivity index (χ1n) is 7.45. The molecule has 1 atom stereocenters. The molecule has 1 aromatic carbocycles. The van der Waals surface area contributed by atoms with E-state index in [0.717, 1.165) is 6.54 Å². The Morgan fingerprint density at radius 1 is 1.26 bits per heavy atom. The molecule has 2 N–H and O–H groups in total. The van der Waals surface area contributed by atoms with Crippen molar-refractivity contribution in [2.75, 3.05) is 19.6 Å². The molecule has 1 aliphatic rings. The largest absolute Gasteiger partial charge is 0.329 e. The minimum atomic E-state index is 0.376. The van der Waals surface area contributed by atoms with E-state index < -0.39 is 0 Å². The summed E-state index contributed by atoms with van der Waals surface area (Å²) < 4.78 is 0. The maximum Gasteiger partial charge on any atom is 0.0475 e. The summed E-state index contributed by atoms with van der Waals surface area (Å²) in [4.78, 5) is 2.60. The Morgan fingerprint density at radius 2 is 1.89 bits per heavy atom. The van der Waals surface area contributed by atoms with Crippen LogP contribution in [0.3, 0.4) is 0 Å². The van der Waals surface area contributed by atoms with Crippen molar-refractivity contribution in [2.45, 2.75) is 46.6 Å². The van der Waals surface area contributed by atoms with Crippen molar-refractivity contribution in [1.82, 2.24) is 4.90 Å². The molecule has 0 saturated carbocycles. The van der Waals surface area contributed by atoms with Crippen molar-refractivity contribution in [1.29, 1.82) is 0 Å². The van der Waals surface area contributed by atoms with Crippen LogP contribution in [-0.2, 0) is 0 Å². The van der Waals surface area contributed by atoms with Crippen LogP contribution >= 0.6 is 0 Å². The molecule has 1 aliphatic heterocycles. The molecule has 1 heterocycles. The minimum Gasteiger partial charge on any atom is -0.329 e. The van der Waals surface area contributed by atoms with E-state index in [-0.39, 0.29) is 0 Å². The van der Waals surface area contributed by atoms with Gasteiger partial charge in [0, 0.05) is 19.1 Å². The Morgan fingerprint density at radius 3 is 2.42 bits per heavy atom. The second-order valence-corrected chi connectivity index (χ2v) is 6.80. The van der Waals surface area contributed by atoms with Gasteiger partial charge in [-0.15, -0.1) is 0 Å². The van der Waals surface area contributed by atoms with Crippen LogP contribution in [0.15, 0.2) is 18.2 Å². The zero-order chi connectivity index (χ0) is 14.0. The molecule has 0 aromatic heterocycles. The van der Waals surface area contributed by atoms with Gasteiger partial charge in [0.25, 0.3) is 0 Å². The molecular weight excluding hydrogens is 232 g/mol. The second kappa shape index (κ2) is 5.64.